The molecule has 0 aromatic heterocycles. The third kappa shape index (κ3) is 4.10. The molecule has 0 amide bonds. The zero-order chi connectivity index (χ0) is 23.5. The Balaban J connectivity index is 2.01. The molecule has 0 radical (unpaired) electrons. The number of nitrogens with zero attached hydrogens (tertiary/aromatic N) is 6. The van der Waals surface area contributed by atoms with Gasteiger partial charge in [-0.1, -0.05) is 43.5 Å². The van der Waals surface area contributed by atoms with E-state index in [0.29, 0.717) is 12.8 Å². The van der Waals surface area contributed by atoms with E-state index >= 15 is 0 Å². The first-order chi connectivity index (χ1) is 15.2. The largest absolute Gasteiger partial charge is 0.230 e. The summed E-state index contributed by atoms with van der Waals surface area (Å²) in [5.74, 6) is 0. The molecule has 2 aromatic carbocycles. The zero-order valence-electron chi connectivity index (χ0n) is 16.6. The fourth-order valence-electron chi connectivity index (χ4n) is 4.22. The van der Waals surface area contributed by atoms with Crippen LogP contribution in [0.1, 0.15) is 43.2 Å². The van der Waals surface area contributed by atoms with Crippen molar-refractivity contribution >= 4 is 11.4 Å². The molecule has 3 rings (SSSR count). The molecule has 0 aliphatic heterocycles. The van der Waals surface area contributed by atoms with Gasteiger partial charge >= 0.3 is 0 Å². The topological polar surface area (TPSA) is 179 Å². The number of rotatable bonds is 8. The molecule has 168 valence electrons. The van der Waals surface area contributed by atoms with Crippen molar-refractivity contribution in [2.24, 2.45) is 0 Å². The van der Waals surface area contributed by atoms with Crippen LogP contribution in [0.3, 0.4) is 0 Å². The van der Waals surface area contributed by atoms with Gasteiger partial charge in [0, 0.05) is 5.41 Å². The van der Waals surface area contributed by atoms with Gasteiger partial charge in [-0.05, 0) is 48.2 Å². The first-order valence-corrected chi connectivity index (χ1v) is 9.56. The molecule has 14 heteroatoms. The van der Waals surface area contributed by atoms with Crippen molar-refractivity contribution in [2.45, 2.75) is 37.5 Å². The third-order valence-electron chi connectivity index (χ3n) is 5.63. The number of hydrogen-bond donors (Lipinski definition) is 0. The highest BCUT2D eigenvalue weighted by atomic mass is 16.8. The van der Waals surface area contributed by atoms with Crippen LogP contribution >= 0.6 is 0 Å². The molecule has 0 bridgehead atoms. The van der Waals surface area contributed by atoms with Gasteiger partial charge in [-0.25, -0.2) is 40.5 Å². The van der Waals surface area contributed by atoms with Gasteiger partial charge in [0.2, 0.25) is 20.1 Å². The first kappa shape index (κ1) is 22.3. The van der Waals surface area contributed by atoms with Gasteiger partial charge in [-0.2, -0.15) is 0 Å². The van der Waals surface area contributed by atoms with Gasteiger partial charge in [0.25, 0.3) is 0 Å². The van der Waals surface area contributed by atoms with Crippen molar-refractivity contribution < 1.29 is 20.1 Å². The normalized spacial score (nSPS) is 14.9. The monoisotopic (exact) mass is 446 g/mol. The van der Waals surface area contributed by atoms with Crippen molar-refractivity contribution in [3.63, 3.8) is 0 Å². The number of anilines is 2. The van der Waals surface area contributed by atoms with Crippen LogP contribution in [-0.2, 0) is 5.41 Å². The van der Waals surface area contributed by atoms with Crippen molar-refractivity contribution in [2.75, 3.05) is 10.2 Å². The molecule has 0 heterocycles. The summed E-state index contributed by atoms with van der Waals surface area (Å²) in [5.41, 5.74) is 0.606. The fourth-order valence-corrected chi connectivity index (χ4v) is 4.22. The second kappa shape index (κ2) is 8.79. The van der Waals surface area contributed by atoms with Crippen molar-refractivity contribution in [1.29, 1.82) is 0 Å². The lowest BCUT2D eigenvalue weighted by Gasteiger charge is -2.38. The summed E-state index contributed by atoms with van der Waals surface area (Å²) in [4.78, 5) is 43.9. The lowest BCUT2D eigenvalue weighted by atomic mass is 9.65. The van der Waals surface area contributed by atoms with E-state index < -0.39 is 25.5 Å². The van der Waals surface area contributed by atoms with Crippen LogP contribution in [0, 0.1) is 40.5 Å². The standard InChI is InChI=1S/C18H18N6O8/c25-21(26)19(22(27)28)16-8-4-14(5-9-16)18(12-2-1-3-13-18)15-6-10-17(11-7-15)20(23(29)30)24(31)32/h4-11H,1-3,12-13H2. The molecule has 1 aliphatic rings. The van der Waals surface area contributed by atoms with E-state index in [4.69, 9.17) is 0 Å². The molecule has 14 nitrogen and oxygen atoms in total. The molecule has 1 aliphatic carbocycles. The number of benzene rings is 2. The Labute approximate surface area is 180 Å². The zero-order valence-corrected chi connectivity index (χ0v) is 16.6. The van der Waals surface area contributed by atoms with E-state index in [2.05, 4.69) is 0 Å². The SMILES string of the molecule is O=[N+]([O-])N(c1ccc(C2(c3ccc(N([N+](=O)[O-])[N+](=O)[O-])cc3)CCCCC2)cc1)[N+](=O)[O-]. The van der Waals surface area contributed by atoms with Gasteiger partial charge in [0.15, 0.2) is 21.6 Å². The van der Waals surface area contributed by atoms with Crippen molar-refractivity contribution in [3.05, 3.63) is 100 Å². The molecule has 0 N–H and O–H groups in total. The van der Waals surface area contributed by atoms with E-state index in [9.17, 15) is 40.5 Å². The van der Waals surface area contributed by atoms with Crippen LogP contribution < -0.4 is 10.2 Å². The Morgan fingerprint density at radius 3 is 1.16 bits per heavy atom. The predicted octanol–water partition coefficient (Wildman–Crippen LogP) is 3.32. The van der Waals surface area contributed by atoms with Crippen LogP contribution in [0.4, 0.5) is 11.4 Å². The predicted molar refractivity (Wildman–Crippen MR) is 110 cm³/mol. The van der Waals surface area contributed by atoms with Crippen LogP contribution in [0.5, 0.6) is 0 Å². The minimum absolute atomic E-state index is 0.171. The molecule has 0 atom stereocenters. The minimum Gasteiger partial charge on any atom is -0.230 e. The summed E-state index contributed by atoms with van der Waals surface area (Å²) in [7, 11) is 0. The van der Waals surface area contributed by atoms with Gasteiger partial charge in [0.1, 0.15) is 0 Å². The van der Waals surface area contributed by atoms with E-state index in [1.54, 1.807) is 24.3 Å². The average Bonchev–Trinajstić information content (AvgIpc) is 2.74. The number of hydrogen-bond acceptors (Lipinski definition) is 8. The Kier molecular flexibility index (Phi) is 6.13. The lowest BCUT2D eigenvalue weighted by molar-refractivity contribution is -0.712. The highest BCUT2D eigenvalue weighted by Crippen LogP contribution is 2.45. The first-order valence-electron chi connectivity index (χ1n) is 9.56. The smallest absolute Gasteiger partial charge is 0.228 e. The molecule has 1 saturated carbocycles. The number of hydrazine groups is 4. The summed E-state index contributed by atoms with van der Waals surface area (Å²) in [5, 5.41) is 39.1. The molecule has 2 aromatic rings. The Morgan fingerprint density at radius 1 is 0.562 bits per heavy atom. The summed E-state index contributed by atoms with van der Waals surface area (Å²) < 4.78 is 0. The molecule has 32 heavy (non-hydrogen) atoms. The Bertz CT molecular complexity index is 931. The second-order valence-electron chi connectivity index (χ2n) is 7.27. The quantitative estimate of drug-likeness (QED) is 0.431. The second-order valence-corrected chi connectivity index (χ2v) is 7.27. The maximum Gasteiger partial charge on any atom is 0.228 e. The Hall–Kier alpha value is -4.36. The fraction of sp³-hybridized carbons (Fsp3) is 0.333. The lowest BCUT2D eigenvalue weighted by Crippen LogP contribution is -2.36. The highest BCUT2D eigenvalue weighted by molar-refractivity contribution is 5.51. The highest BCUT2D eigenvalue weighted by Gasteiger charge is 2.38. The summed E-state index contributed by atoms with van der Waals surface area (Å²) in [6.45, 7) is 0. The van der Waals surface area contributed by atoms with Crippen LogP contribution in [0.15, 0.2) is 48.5 Å². The molecular weight excluding hydrogens is 428 g/mol. The number of nitro groups is 4. The summed E-state index contributed by atoms with van der Waals surface area (Å²) in [6.07, 6.45) is 4.21. The molecular formula is C18H18N6O8. The summed E-state index contributed by atoms with van der Waals surface area (Å²) >= 11 is 0. The van der Waals surface area contributed by atoms with Crippen LogP contribution in [0.2, 0.25) is 0 Å². The van der Waals surface area contributed by atoms with Crippen molar-refractivity contribution in [3.8, 4) is 0 Å². The van der Waals surface area contributed by atoms with Gasteiger partial charge in [0.05, 0.1) is 0 Å². The van der Waals surface area contributed by atoms with E-state index in [1.807, 2.05) is 0 Å². The van der Waals surface area contributed by atoms with Gasteiger partial charge in [-0.3, -0.25) is 0 Å². The van der Waals surface area contributed by atoms with Gasteiger partial charge < -0.3 is 0 Å². The van der Waals surface area contributed by atoms with E-state index in [1.165, 1.54) is 24.3 Å². The maximum absolute atomic E-state index is 11.0. The van der Waals surface area contributed by atoms with E-state index in [0.717, 1.165) is 30.4 Å². The molecule has 0 saturated heterocycles. The van der Waals surface area contributed by atoms with E-state index in [-0.39, 0.29) is 21.6 Å². The minimum atomic E-state index is -1.12. The van der Waals surface area contributed by atoms with Crippen LogP contribution in [-0.4, -0.2) is 20.1 Å². The van der Waals surface area contributed by atoms with Gasteiger partial charge in [-0.15, -0.1) is 0 Å². The summed E-state index contributed by atoms with van der Waals surface area (Å²) in [6, 6.07) is 11.6. The average molecular weight is 446 g/mol. The third-order valence-corrected chi connectivity index (χ3v) is 5.63. The molecule has 0 unspecified atom stereocenters. The Morgan fingerprint density at radius 2 is 0.875 bits per heavy atom. The van der Waals surface area contributed by atoms with Crippen LogP contribution in [0.25, 0.3) is 0 Å². The van der Waals surface area contributed by atoms with Crippen molar-refractivity contribution in [1.82, 2.24) is 0 Å². The molecule has 0 spiro atoms. The maximum atomic E-state index is 11.0. The molecule has 1 fully saturated rings.